The minimum Gasteiger partial charge on any atom is -0.508 e. The van der Waals surface area contributed by atoms with Crippen molar-refractivity contribution in [3.63, 3.8) is 0 Å². The number of aromatic hydroxyl groups is 2. The molecule has 0 bridgehead atoms. The Morgan fingerprint density at radius 1 is 1.35 bits per heavy atom. The van der Waals surface area contributed by atoms with Gasteiger partial charge in [0.25, 0.3) is 5.91 Å². The number of benzene rings is 1. The summed E-state index contributed by atoms with van der Waals surface area (Å²) in [5.74, 6) is -1.40. The van der Waals surface area contributed by atoms with Gasteiger partial charge in [-0.2, -0.15) is 0 Å². The molecule has 92 valence electrons. The van der Waals surface area contributed by atoms with Crippen LogP contribution in [0.2, 0.25) is 0 Å². The molecule has 0 aliphatic rings. The van der Waals surface area contributed by atoms with Gasteiger partial charge in [0.05, 0.1) is 19.1 Å². The average Bonchev–Trinajstić information content (AvgIpc) is 2.28. The molecule has 0 saturated carbocycles. The number of amides is 1. The molecule has 0 heterocycles. The standard InChI is InChI=1S/C11H13NO5/c1-17-10(15)4-5-12-11(16)8-3-2-7(13)6-9(8)14/h2-3,6,13-14H,4-5H2,1H3,(H,12,16). The van der Waals surface area contributed by atoms with E-state index in [2.05, 4.69) is 10.1 Å². The third-order valence-corrected chi connectivity index (χ3v) is 2.07. The lowest BCUT2D eigenvalue weighted by Gasteiger charge is -2.06. The first-order valence-corrected chi connectivity index (χ1v) is 4.91. The molecule has 6 nitrogen and oxygen atoms in total. The summed E-state index contributed by atoms with van der Waals surface area (Å²) in [4.78, 5) is 22.3. The lowest BCUT2D eigenvalue weighted by Crippen LogP contribution is -2.26. The lowest BCUT2D eigenvalue weighted by molar-refractivity contribution is -0.140. The highest BCUT2D eigenvalue weighted by Gasteiger charge is 2.11. The van der Waals surface area contributed by atoms with E-state index in [1.807, 2.05) is 0 Å². The summed E-state index contributed by atoms with van der Waals surface area (Å²) in [6.45, 7) is 0.117. The van der Waals surface area contributed by atoms with E-state index in [4.69, 9.17) is 5.11 Å². The van der Waals surface area contributed by atoms with Crippen molar-refractivity contribution in [3.05, 3.63) is 23.8 Å². The number of phenols is 2. The van der Waals surface area contributed by atoms with Crippen molar-refractivity contribution in [1.82, 2.24) is 5.32 Å². The SMILES string of the molecule is COC(=O)CCNC(=O)c1ccc(O)cc1O. The summed E-state index contributed by atoms with van der Waals surface area (Å²) in [7, 11) is 1.26. The number of carbonyl (C=O) groups excluding carboxylic acids is 2. The first-order chi connectivity index (χ1) is 8.04. The molecule has 0 unspecified atom stereocenters. The second-order valence-electron chi connectivity index (χ2n) is 3.28. The molecule has 0 aliphatic carbocycles. The molecular weight excluding hydrogens is 226 g/mol. The third-order valence-electron chi connectivity index (χ3n) is 2.07. The van der Waals surface area contributed by atoms with Gasteiger partial charge in [0.1, 0.15) is 11.5 Å². The molecule has 3 N–H and O–H groups in total. The quantitative estimate of drug-likeness (QED) is 0.660. The van der Waals surface area contributed by atoms with E-state index in [-0.39, 0.29) is 30.0 Å². The van der Waals surface area contributed by atoms with Gasteiger partial charge in [-0.25, -0.2) is 0 Å². The zero-order chi connectivity index (χ0) is 12.8. The Morgan fingerprint density at radius 2 is 2.06 bits per heavy atom. The van der Waals surface area contributed by atoms with Gasteiger partial charge in [0.15, 0.2) is 0 Å². The highest BCUT2D eigenvalue weighted by molar-refractivity contribution is 5.97. The third kappa shape index (κ3) is 3.67. The zero-order valence-electron chi connectivity index (χ0n) is 9.27. The molecule has 0 atom stereocenters. The summed E-state index contributed by atoms with van der Waals surface area (Å²) < 4.78 is 4.40. The van der Waals surface area contributed by atoms with E-state index in [0.29, 0.717) is 0 Å². The van der Waals surface area contributed by atoms with Gasteiger partial charge in [-0.15, -0.1) is 0 Å². The van der Waals surface area contributed by atoms with Crippen molar-refractivity contribution < 1.29 is 24.5 Å². The van der Waals surface area contributed by atoms with E-state index in [1.54, 1.807) is 0 Å². The van der Waals surface area contributed by atoms with Crippen LogP contribution in [-0.2, 0) is 9.53 Å². The molecule has 1 amide bonds. The largest absolute Gasteiger partial charge is 0.508 e. The molecular formula is C11H13NO5. The number of hydrogen-bond acceptors (Lipinski definition) is 5. The number of methoxy groups -OCH3 is 1. The minimum absolute atomic E-state index is 0.0349. The number of nitrogens with one attached hydrogen (secondary N) is 1. The fourth-order valence-electron chi connectivity index (χ4n) is 1.19. The summed E-state index contributed by atoms with van der Waals surface area (Å²) in [5, 5.41) is 20.9. The van der Waals surface area contributed by atoms with Crippen LogP contribution in [0.5, 0.6) is 11.5 Å². The summed E-state index contributed by atoms with van der Waals surface area (Å²) in [6.07, 6.45) is 0.0566. The van der Waals surface area contributed by atoms with Crippen molar-refractivity contribution in [1.29, 1.82) is 0 Å². The molecule has 0 saturated heterocycles. The smallest absolute Gasteiger partial charge is 0.307 e. The van der Waals surface area contributed by atoms with Gasteiger partial charge < -0.3 is 20.3 Å². The number of hydrogen-bond donors (Lipinski definition) is 3. The molecule has 17 heavy (non-hydrogen) atoms. The van der Waals surface area contributed by atoms with Gasteiger partial charge in [-0.3, -0.25) is 9.59 Å². The van der Waals surface area contributed by atoms with Crippen LogP contribution in [0.25, 0.3) is 0 Å². The molecule has 0 fully saturated rings. The minimum atomic E-state index is -0.522. The number of phenolic OH excluding ortho intramolecular Hbond substituents is 2. The maximum absolute atomic E-state index is 11.5. The Morgan fingerprint density at radius 3 is 2.65 bits per heavy atom. The van der Waals surface area contributed by atoms with Crippen molar-refractivity contribution in [2.24, 2.45) is 0 Å². The van der Waals surface area contributed by atoms with E-state index in [1.165, 1.54) is 19.2 Å². The van der Waals surface area contributed by atoms with Gasteiger partial charge >= 0.3 is 5.97 Å². The first kappa shape index (κ1) is 12.8. The predicted molar refractivity (Wildman–Crippen MR) is 58.7 cm³/mol. The highest BCUT2D eigenvalue weighted by atomic mass is 16.5. The van der Waals surface area contributed by atoms with E-state index in [9.17, 15) is 14.7 Å². The number of esters is 1. The summed E-state index contributed by atoms with van der Waals surface area (Å²) in [5.41, 5.74) is 0.0349. The second-order valence-corrected chi connectivity index (χ2v) is 3.28. The van der Waals surface area contributed by atoms with Crippen LogP contribution in [0, 0.1) is 0 Å². The van der Waals surface area contributed by atoms with Crippen LogP contribution < -0.4 is 5.32 Å². The Balaban J connectivity index is 2.55. The Kier molecular flexibility index (Phi) is 4.33. The molecule has 0 aliphatic heterocycles. The molecule has 0 radical (unpaired) electrons. The number of carbonyl (C=O) groups is 2. The van der Waals surface area contributed by atoms with Crippen molar-refractivity contribution >= 4 is 11.9 Å². The number of rotatable bonds is 4. The number of ether oxygens (including phenoxy) is 1. The van der Waals surface area contributed by atoms with Crippen LogP contribution in [-0.4, -0.2) is 35.7 Å². The zero-order valence-corrected chi connectivity index (χ0v) is 9.27. The van der Waals surface area contributed by atoms with Gasteiger partial charge in [0.2, 0.25) is 0 Å². The topological polar surface area (TPSA) is 95.9 Å². The van der Waals surface area contributed by atoms with Gasteiger partial charge in [-0.05, 0) is 12.1 Å². The molecule has 1 rings (SSSR count). The molecule has 1 aromatic carbocycles. The van der Waals surface area contributed by atoms with Crippen LogP contribution in [0.1, 0.15) is 16.8 Å². The molecule has 0 spiro atoms. The van der Waals surface area contributed by atoms with Crippen LogP contribution in [0.15, 0.2) is 18.2 Å². The van der Waals surface area contributed by atoms with Crippen LogP contribution in [0.4, 0.5) is 0 Å². The van der Waals surface area contributed by atoms with Crippen LogP contribution >= 0.6 is 0 Å². The van der Waals surface area contributed by atoms with Crippen molar-refractivity contribution in [3.8, 4) is 11.5 Å². The average molecular weight is 239 g/mol. The van der Waals surface area contributed by atoms with E-state index < -0.39 is 11.9 Å². The van der Waals surface area contributed by atoms with E-state index in [0.717, 1.165) is 6.07 Å². The monoisotopic (exact) mass is 239 g/mol. The maximum atomic E-state index is 11.5. The Hall–Kier alpha value is -2.24. The lowest BCUT2D eigenvalue weighted by atomic mass is 10.2. The first-order valence-electron chi connectivity index (χ1n) is 4.91. The summed E-state index contributed by atoms with van der Waals surface area (Å²) in [6, 6.07) is 3.64. The van der Waals surface area contributed by atoms with E-state index >= 15 is 0 Å². The maximum Gasteiger partial charge on any atom is 0.307 e. The fourth-order valence-corrected chi connectivity index (χ4v) is 1.19. The van der Waals surface area contributed by atoms with Gasteiger partial charge in [-0.1, -0.05) is 0 Å². The molecule has 6 heteroatoms. The normalized spacial score (nSPS) is 9.71. The predicted octanol–water partition coefficient (Wildman–Crippen LogP) is 0.391. The Bertz CT molecular complexity index is 430. The van der Waals surface area contributed by atoms with Crippen molar-refractivity contribution in [2.45, 2.75) is 6.42 Å². The van der Waals surface area contributed by atoms with Gasteiger partial charge in [0, 0.05) is 12.6 Å². The second kappa shape index (κ2) is 5.74. The summed E-state index contributed by atoms with van der Waals surface area (Å²) >= 11 is 0. The molecule has 1 aromatic rings. The Labute approximate surface area is 97.8 Å². The van der Waals surface area contributed by atoms with Crippen molar-refractivity contribution in [2.75, 3.05) is 13.7 Å². The molecule has 0 aromatic heterocycles. The highest BCUT2D eigenvalue weighted by Crippen LogP contribution is 2.22. The fraction of sp³-hybridized carbons (Fsp3) is 0.273. The van der Waals surface area contributed by atoms with Crippen LogP contribution in [0.3, 0.4) is 0 Å².